The van der Waals surface area contributed by atoms with Gasteiger partial charge in [-0.2, -0.15) is 0 Å². The van der Waals surface area contributed by atoms with E-state index in [9.17, 15) is 0 Å². The highest BCUT2D eigenvalue weighted by molar-refractivity contribution is 5.80. The molecule has 0 amide bonds. The first-order chi connectivity index (χ1) is 13.2. The van der Waals surface area contributed by atoms with E-state index in [1.54, 1.807) is 14.2 Å². The van der Waals surface area contributed by atoms with E-state index in [0.29, 0.717) is 6.61 Å². The molecule has 0 radical (unpaired) electrons. The molecule has 0 saturated heterocycles. The Bertz CT molecular complexity index is 717. The molecule has 5 heteroatoms. The van der Waals surface area contributed by atoms with Crippen molar-refractivity contribution < 1.29 is 9.47 Å². The van der Waals surface area contributed by atoms with Crippen LogP contribution in [-0.4, -0.2) is 33.3 Å². The van der Waals surface area contributed by atoms with Gasteiger partial charge < -0.3 is 20.1 Å². The van der Waals surface area contributed by atoms with Gasteiger partial charge in [0.2, 0.25) is 0 Å². The molecule has 0 aromatic heterocycles. The van der Waals surface area contributed by atoms with Crippen LogP contribution in [0.5, 0.6) is 11.5 Å². The Labute approximate surface area is 162 Å². The van der Waals surface area contributed by atoms with Gasteiger partial charge in [0, 0.05) is 13.6 Å². The first kappa shape index (κ1) is 20.6. The van der Waals surface area contributed by atoms with E-state index in [0.717, 1.165) is 36.8 Å². The van der Waals surface area contributed by atoms with Crippen LogP contribution < -0.4 is 20.1 Å². The largest absolute Gasteiger partial charge is 0.493 e. The fourth-order valence-electron chi connectivity index (χ4n) is 2.87. The maximum atomic E-state index is 5.65. The minimum absolute atomic E-state index is 0.202. The summed E-state index contributed by atoms with van der Waals surface area (Å²) in [5.41, 5.74) is 2.48. The summed E-state index contributed by atoms with van der Waals surface area (Å²) in [6.07, 6.45) is 1.96. The number of benzene rings is 2. The number of aliphatic imine (C=N–C) groups is 1. The number of guanidine groups is 1. The van der Waals surface area contributed by atoms with Gasteiger partial charge in [0.1, 0.15) is 0 Å². The first-order valence-electron chi connectivity index (χ1n) is 9.49. The zero-order valence-corrected chi connectivity index (χ0v) is 16.8. The Kier molecular flexibility index (Phi) is 8.49. The second-order valence-electron chi connectivity index (χ2n) is 6.30. The second-order valence-corrected chi connectivity index (χ2v) is 6.30. The Balaban J connectivity index is 1.80. The monoisotopic (exact) mass is 369 g/mol. The Hall–Kier alpha value is -2.69. The average molecular weight is 370 g/mol. The lowest BCUT2D eigenvalue weighted by atomic mass is 10.1. The molecule has 1 unspecified atom stereocenters. The molecule has 0 fully saturated rings. The molecule has 0 aliphatic heterocycles. The molecule has 5 nitrogen and oxygen atoms in total. The van der Waals surface area contributed by atoms with Gasteiger partial charge in [0.05, 0.1) is 19.8 Å². The molecule has 146 valence electrons. The number of ether oxygens (including phenoxy) is 2. The summed E-state index contributed by atoms with van der Waals surface area (Å²) in [5, 5.41) is 6.81. The van der Waals surface area contributed by atoms with Crippen LogP contribution in [0.4, 0.5) is 0 Å². The van der Waals surface area contributed by atoms with Gasteiger partial charge in [-0.3, -0.25) is 4.99 Å². The maximum Gasteiger partial charge on any atom is 0.191 e. The van der Waals surface area contributed by atoms with E-state index in [4.69, 9.17) is 9.47 Å². The highest BCUT2D eigenvalue weighted by Gasteiger charge is 2.08. The SMILES string of the molecule is CCOc1cc(CCCNC(=NC)NC(C)c2ccccc2)ccc1OC. The fourth-order valence-corrected chi connectivity index (χ4v) is 2.87. The molecule has 0 aliphatic rings. The molecule has 0 saturated carbocycles. The van der Waals surface area contributed by atoms with E-state index < -0.39 is 0 Å². The van der Waals surface area contributed by atoms with E-state index >= 15 is 0 Å². The number of nitrogens with one attached hydrogen (secondary N) is 2. The smallest absolute Gasteiger partial charge is 0.191 e. The predicted octanol–water partition coefficient (Wildman–Crippen LogP) is 3.95. The van der Waals surface area contributed by atoms with Crippen LogP contribution >= 0.6 is 0 Å². The maximum absolute atomic E-state index is 5.65. The van der Waals surface area contributed by atoms with Crippen molar-refractivity contribution in [3.63, 3.8) is 0 Å². The third-order valence-electron chi connectivity index (χ3n) is 4.34. The first-order valence-corrected chi connectivity index (χ1v) is 9.49. The Morgan fingerprint density at radius 1 is 1.11 bits per heavy atom. The van der Waals surface area contributed by atoms with Crippen LogP contribution in [0, 0.1) is 0 Å². The van der Waals surface area contributed by atoms with Crippen molar-refractivity contribution in [3.8, 4) is 11.5 Å². The molecule has 0 bridgehead atoms. The highest BCUT2D eigenvalue weighted by Crippen LogP contribution is 2.28. The fraction of sp³-hybridized carbons (Fsp3) is 0.409. The highest BCUT2D eigenvalue weighted by atomic mass is 16.5. The van der Waals surface area contributed by atoms with Gasteiger partial charge in [-0.25, -0.2) is 0 Å². The molecule has 0 spiro atoms. The van der Waals surface area contributed by atoms with E-state index in [2.05, 4.69) is 58.9 Å². The molecule has 2 aromatic carbocycles. The van der Waals surface area contributed by atoms with Crippen molar-refractivity contribution >= 4 is 5.96 Å². The number of rotatable bonds is 9. The summed E-state index contributed by atoms with van der Waals surface area (Å²) in [6.45, 7) is 5.58. The average Bonchev–Trinajstić information content (AvgIpc) is 2.71. The molecule has 2 rings (SSSR count). The van der Waals surface area contributed by atoms with Crippen molar-refractivity contribution in [3.05, 3.63) is 59.7 Å². The number of nitrogens with zero attached hydrogens (tertiary/aromatic N) is 1. The molecule has 0 heterocycles. The summed E-state index contributed by atoms with van der Waals surface area (Å²) < 4.78 is 11.0. The minimum atomic E-state index is 0.202. The van der Waals surface area contributed by atoms with Crippen LogP contribution in [0.1, 0.15) is 37.4 Å². The van der Waals surface area contributed by atoms with Gasteiger partial charge in [-0.15, -0.1) is 0 Å². The topological polar surface area (TPSA) is 54.9 Å². The summed E-state index contributed by atoms with van der Waals surface area (Å²) in [6, 6.07) is 16.7. The normalized spacial score (nSPS) is 12.4. The molecular weight excluding hydrogens is 338 g/mol. The van der Waals surface area contributed by atoms with Gasteiger partial charge in [0.25, 0.3) is 0 Å². The lowest BCUT2D eigenvalue weighted by Crippen LogP contribution is -2.39. The predicted molar refractivity (Wildman–Crippen MR) is 112 cm³/mol. The summed E-state index contributed by atoms with van der Waals surface area (Å²) in [5.74, 6) is 2.40. The van der Waals surface area contributed by atoms with Gasteiger partial charge in [-0.05, 0) is 49.9 Å². The van der Waals surface area contributed by atoms with E-state index in [-0.39, 0.29) is 6.04 Å². The number of aryl methyl sites for hydroxylation is 1. The minimum Gasteiger partial charge on any atom is -0.493 e. The third-order valence-corrected chi connectivity index (χ3v) is 4.34. The lowest BCUT2D eigenvalue weighted by Gasteiger charge is -2.18. The number of hydrogen-bond donors (Lipinski definition) is 2. The summed E-state index contributed by atoms with van der Waals surface area (Å²) in [4.78, 5) is 4.32. The van der Waals surface area contributed by atoms with E-state index in [1.165, 1.54) is 11.1 Å². The quantitative estimate of drug-likeness (QED) is 0.399. The second kappa shape index (κ2) is 11.1. The summed E-state index contributed by atoms with van der Waals surface area (Å²) in [7, 11) is 3.46. The van der Waals surface area contributed by atoms with Gasteiger partial charge in [0.15, 0.2) is 17.5 Å². The number of hydrogen-bond acceptors (Lipinski definition) is 3. The molecule has 1 atom stereocenters. The van der Waals surface area contributed by atoms with Crippen molar-refractivity contribution in [2.75, 3.05) is 27.3 Å². The van der Waals surface area contributed by atoms with Gasteiger partial charge >= 0.3 is 0 Å². The van der Waals surface area contributed by atoms with Crippen molar-refractivity contribution in [2.24, 2.45) is 4.99 Å². The Morgan fingerprint density at radius 2 is 1.89 bits per heavy atom. The van der Waals surface area contributed by atoms with Crippen LogP contribution in [0.15, 0.2) is 53.5 Å². The van der Waals surface area contributed by atoms with Crippen LogP contribution in [-0.2, 0) is 6.42 Å². The van der Waals surface area contributed by atoms with Crippen molar-refractivity contribution in [1.29, 1.82) is 0 Å². The number of methoxy groups -OCH3 is 1. The van der Waals surface area contributed by atoms with Gasteiger partial charge in [-0.1, -0.05) is 36.4 Å². The molecule has 2 N–H and O–H groups in total. The van der Waals surface area contributed by atoms with Crippen LogP contribution in [0.2, 0.25) is 0 Å². The van der Waals surface area contributed by atoms with Crippen LogP contribution in [0.3, 0.4) is 0 Å². The Morgan fingerprint density at radius 3 is 2.56 bits per heavy atom. The van der Waals surface area contributed by atoms with Crippen LogP contribution in [0.25, 0.3) is 0 Å². The van der Waals surface area contributed by atoms with Crippen molar-refractivity contribution in [2.45, 2.75) is 32.7 Å². The molecule has 0 aliphatic carbocycles. The molecule has 2 aromatic rings. The van der Waals surface area contributed by atoms with Crippen molar-refractivity contribution in [1.82, 2.24) is 10.6 Å². The molecule has 27 heavy (non-hydrogen) atoms. The molecular formula is C22H31N3O2. The van der Waals surface area contributed by atoms with E-state index in [1.807, 2.05) is 19.1 Å². The standard InChI is InChI=1S/C22H31N3O2/c1-5-27-21-16-18(13-14-20(21)26-4)10-9-15-24-22(23-3)25-17(2)19-11-7-6-8-12-19/h6-8,11-14,16-17H,5,9-10,15H2,1-4H3,(H2,23,24,25). The third kappa shape index (κ3) is 6.51. The zero-order valence-electron chi connectivity index (χ0n) is 16.8. The summed E-state index contributed by atoms with van der Waals surface area (Å²) >= 11 is 0. The lowest BCUT2D eigenvalue weighted by molar-refractivity contribution is 0.310. The zero-order chi connectivity index (χ0) is 19.5.